The molecule has 0 aromatic heterocycles. The van der Waals surface area contributed by atoms with E-state index in [2.05, 4.69) is 9.99 Å². The van der Waals surface area contributed by atoms with Crippen LogP contribution in [0.5, 0.6) is 0 Å². The Morgan fingerprint density at radius 1 is 0.944 bits per heavy atom. The maximum Gasteiger partial charge on any atom is 0.126 e. The van der Waals surface area contributed by atoms with Crippen LogP contribution in [0.25, 0.3) is 0 Å². The first-order chi connectivity index (χ1) is 6.77. The minimum Gasteiger partial charge on any atom is -0.399 e. The minimum atomic E-state index is 0. The van der Waals surface area contributed by atoms with Gasteiger partial charge in [-0.05, 0) is 41.5 Å². The predicted molar refractivity (Wildman–Crippen MR) is 84.5 cm³/mol. The van der Waals surface area contributed by atoms with Crippen LogP contribution in [-0.4, -0.2) is 31.8 Å². The van der Waals surface area contributed by atoms with Gasteiger partial charge in [0.05, 0.1) is 11.8 Å². The predicted octanol–water partition coefficient (Wildman–Crippen LogP) is 4.57. The average Bonchev–Trinajstić information content (AvgIpc) is 2.03. The Morgan fingerprint density at radius 3 is 1.17 bits per heavy atom. The second-order valence-electron chi connectivity index (χ2n) is 3.41. The van der Waals surface area contributed by atoms with Crippen molar-refractivity contribution in [2.75, 3.05) is 14.2 Å². The van der Waals surface area contributed by atoms with Crippen molar-refractivity contribution in [3.05, 3.63) is 0 Å². The summed E-state index contributed by atoms with van der Waals surface area (Å²) in [5.41, 5.74) is 0.942. The van der Waals surface area contributed by atoms with Gasteiger partial charge in [0.1, 0.15) is 12.9 Å². The maximum absolute atomic E-state index is 9.44. The lowest BCUT2D eigenvalue weighted by molar-refractivity contribution is -0.114. The molecule has 0 heterocycles. The van der Waals surface area contributed by atoms with Crippen molar-refractivity contribution >= 4 is 11.5 Å². The number of methoxy groups -OCH3 is 1. The van der Waals surface area contributed by atoms with Gasteiger partial charge in [0.25, 0.3) is 0 Å². The molecule has 0 N–H and O–H groups in total. The van der Waals surface area contributed by atoms with E-state index >= 15 is 0 Å². The number of Topliss-reactive ketones (excluding diaryl/α,β-unsaturated/α-hetero) is 1. The van der Waals surface area contributed by atoms with E-state index in [4.69, 9.17) is 4.74 Å². The van der Waals surface area contributed by atoms with Gasteiger partial charge in [-0.15, -0.1) is 0 Å². The fourth-order valence-electron chi connectivity index (χ4n) is 0.183. The van der Waals surface area contributed by atoms with Gasteiger partial charge in [-0.1, -0.05) is 27.4 Å². The molecule has 0 unspecified atom stereocenters. The van der Waals surface area contributed by atoms with Crippen LogP contribution in [0.3, 0.4) is 0 Å². The summed E-state index contributed by atoms with van der Waals surface area (Å²) in [4.78, 5) is 13.8. The van der Waals surface area contributed by atoms with Crippen molar-refractivity contribution < 1.29 is 14.4 Å². The van der Waals surface area contributed by atoms with Crippen LogP contribution in [0.2, 0.25) is 0 Å². The standard InChI is InChI=1S/C4H9NO.C4H10O.C3H6O.3CH4/c1-4(2)5-6-3;1-4(2)5-3;1-3(2)4;;;/h1-3H3;4H,1-3H3;1-2H3;3*1H4. The molecule has 0 saturated heterocycles. The summed E-state index contributed by atoms with van der Waals surface area (Å²) in [7, 11) is 3.23. The van der Waals surface area contributed by atoms with Crippen LogP contribution in [0, 0.1) is 0 Å². The second-order valence-corrected chi connectivity index (χ2v) is 3.41. The van der Waals surface area contributed by atoms with Gasteiger partial charge in [-0.3, -0.25) is 0 Å². The summed E-state index contributed by atoms with van der Waals surface area (Å²) < 4.78 is 4.75. The molecular weight excluding hydrogens is 230 g/mol. The second kappa shape index (κ2) is 29.8. The van der Waals surface area contributed by atoms with Crippen LogP contribution in [-0.2, 0) is 14.4 Å². The molecule has 0 spiro atoms. The number of carbonyl (C=O) groups excluding carboxylic acids is 1. The first-order valence-corrected chi connectivity index (χ1v) is 4.82. The molecule has 0 bridgehead atoms. The Hall–Kier alpha value is -0.900. The Morgan fingerprint density at radius 2 is 1.17 bits per heavy atom. The Balaban J connectivity index is -0.0000000282. The summed E-state index contributed by atoms with van der Waals surface area (Å²) in [6, 6.07) is 0. The summed E-state index contributed by atoms with van der Waals surface area (Å²) >= 11 is 0. The number of nitrogens with zero attached hydrogens (tertiary/aromatic N) is 1. The third-order valence-electron chi connectivity index (χ3n) is 0.745. The van der Waals surface area contributed by atoms with Gasteiger partial charge in [-0.2, -0.15) is 0 Å². The van der Waals surface area contributed by atoms with E-state index in [1.165, 1.54) is 21.0 Å². The van der Waals surface area contributed by atoms with E-state index in [9.17, 15) is 4.79 Å². The van der Waals surface area contributed by atoms with Gasteiger partial charge in [-0.25, -0.2) is 0 Å². The highest BCUT2D eigenvalue weighted by molar-refractivity contribution is 5.78. The normalized spacial score (nSPS) is 6.50. The first kappa shape index (κ1) is 36.0. The molecule has 0 rings (SSSR count). The highest BCUT2D eigenvalue weighted by Gasteiger charge is 1.78. The maximum atomic E-state index is 9.44. The zero-order valence-corrected chi connectivity index (χ0v) is 11.2. The lowest BCUT2D eigenvalue weighted by Gasteiger charge is -1.94. The summed E-state index contributed by atoms with van der Waals surface area (Å²) in [5, 5.41) is 3.54. The number of hydrogen-bond acceptors (Lipinski definition) is 4. The Kier molecular flexibility index (Phi) is 59.5. The molecule has 0 amide bonds. The summed E-state index contributed by atoms with van der Waals surface area (Å²) in [5.74, 6) is 0.167. The summed E-state index contributed by atoms with van der Waals surface area (Å²) in [6.45, 7) is 10.8. The lowest BCUT2D eigenvalue weighted by Crippen LogP contribution is -1.94. The smallest absolute Gasteiger partial charge is 0.126 e. The molecule has 4 nitrogen and oxygen atoms in total. The van der Waals surface area contributed by atoms with Gasteiger partial charge >= 0.3 is 0 Å². The number of oxime groups is 1. The van der Waals surface area contributed by atoms with Crippen molar-refractivity contribution in [3.8, 4) is 0 Å². The van der Waals surface area contributed by atoms with Crippen LogP contribution in [0.1, 0.15) is 63.8 Å². The Bertz CT molecular complexity index is 158. The van der Waals surface area contributed by atoms with Crippen molar-refractivity contribution in [2.45, 2.75) is 69.9 Å². The minimum absolute atomic E-state index is 0. The molecule has 0 radical (unpaired) electrons. The van der Waals surface area contributed by atoms with Crippen molar-refractivity contribution in [1.29, 1.82) is 0 Å². The molecule has 0 aromatic carbocycles. The molecule has 18 heavy (non-hydrogen) atoms. The number of ketones is 1. The molecular formula is C14H37NO3. The van der Waals surface area contributed by atoms with E-state index in [0.29, 0.717) is 6.10 Å². The zero-order valence-electron chi connectivity index (χ0n) is 11.2. The van der Waals surface area contributed by atoms with E-state index in [-0.39, 0.29) is 28.1 Å². The molecule has 0 saturated carbocycles. The van der Waals surface area contributed by atoms with Crippen molar-refractivity contribution in [2.24, 2.45) is 5.16 Å². The summed E-state index contributed by atoms with van der Waals surface area (Å²) in [6.07, 6.45) is 0.384. The van der Waals surface area contributed by atoms with Gasteiger partial charge in [0.2, 0.25) is 0 Å². The van der Waals surface area contributed by atoms with Crippen LogP contribution >= 0.6 is 0 Å². The SMILES string of the molecule is C.C.C.CC(C)=O.COC(C)C.CON=C(C)C. The van der Waals surface area contributed by atoms with E-state index in [1.807, 2.05) is 27.7 Å². The molecule has 0 aliphatic carbocycles. The molecule has 4 heteroatoms. The quantitative estimate of drug-likeness (QED) is 0.543. The largest absolute Gasteiger partial charge is 0.399 e. The highest BCUT2D eigenvalue weighted by atomic mass is 16.6. The molecule has 0 aliphatic rings. The average molecular weight is 267 g/mol. The van der Waals surface area contributed by atoms with E-state index in [0.717, 1.165) is 5.71 Å². The van der Waals surface area contributed by atoms with Crippen LogP contribution < -0.4 is 0 Å². The Labute approximate surface area is 116 Å². The zero-order chi connectivity index (χ0) is 12.9. The molecule has 0 atom stereocenters. The fourth-order valence-corrected chi connectivity index (χ4v) is 0.183. The van der Waals surface area contributed by atoms with Crippen LogP contribution in [0.15, 0.2) is 5.16 Å². The van der Waals surface area contributed by atoms with Crippen molar-refractivity contribution in [1.82, 2.24) is 0 Å². The van der Waals surface area contributed by atoms with E-state index in [1.54, 1.807) is 7.11 Å². The molecule has 0 aliphatic heterocycles. The van der Waals surface area contributed by atoms with E-state index < -0.39 is 0 Å². The first-order valence-electron chi connectivity index (χ1n) is 4.82. The topological polar surface area (TPSA) is 47.9 Å². The van der Waals surface area contributed by atoms with Crippen LogP contribution in [0.4, 0.5) is 0 Å². The van der Waals surface area contributed by atoms with Gasteiger partial charge in [0.15, 0.2) is 0 Å². The third-order valence-corrected chi connectivity index (χ3v) is 0.745. The molecule has 0 fully saturated rings. The molecule has 0 aromatic rings. The van der Waals surface area contributed by atoms with Gasteiger partial charge < -0.3 is 14.4 Å². The number of carbonyl (C=O) groups is 1. The lowest BCUT2D eigenvalue weighted by atomic mass is 10.5. The number of ether oxygens (including phenoxy) is 1. The third kappa shape index (κ3) is 179. The van der Waals surface area contributed by atoms with Crippen molar-refractivity contribution in [3.63, 3.8) is 0 Å². The highest BCUT2D eigenvalue weighted by Crippen LogP contribution is 1.77. The fraction of sp³-hybridized carbons (Fsp3) is 0.857. The van der Waals surface area contributed by atoms with Gasteiger partial charge in [0, 0.05) is 7.11 Å². The molecule has 116 valence electrons. The number of hydrogen-bond donors (Lipinski definition) is 0. The monoisotopic (exact) mass is 267 g/mol. The number of rotatable bonds is 2.